The van der Waals surface area contributed by atoms with Crippen LogP contribution in [-0.2, 0) is 17.8 Å². The lowest BCUT2D eigenvalue weighted by Crippen LogP contribution is -2.41. The van der Waals surface area contributed by atoms with Crippen LogP contribution in [0.2, 0.25) is 0 Å². The average Bonchev–Trinajstić information content (AvgIpc) is 3.27. The smallest absolute Gasteiger partial charge is 0.258 e. The summed E-state index contributed by atoms with van der Waals surface area (Å²) in [5.41, 5.74) is 2.82. The largest absolute Gasteiger partial charge is 0.484 e. The molecule has 1 aliphatic heterocycles. The van der Waals surface area contributed by atoms with Gasteiger partial charge in [-0.15, -0.1) is 11.3 Å². The van der Waals surface area contributed by atoms with Crippen LogP contribution in [0.3, 0.4) is 0 Å². The van der Waals surface area contributed by atoms with Gasteiger partial charge in [-0.3, -0.25) is 9.69 Å². The van der Waals surface area contributed by atoms with Crippen LogP contribution in [-0.4, -0.2) is 30.5 Å². The summed E-state index contributed by atoms with van der Waals surface area (Å²) in [6.45, 7) is 2.52. The fraction of sp³-hybridized carbons (Fsp3) is 0.261. The molecule has 0 spiro atoms. The number of rotatable bonds is 7. The summed E-state index contributed by atoms with van der Waals surface area (Å²) in [5.74, 6) is 0.614. The molecule has 0 aliphatic carbocycles. The van der Waals surface area contributed by atoms with Crippen molar-refractivity contribution in [3.63, 3.8) is 0 Å². The van der Waals surface area contributed by atoms with Gasteiger partial charge in [-0.2, -0.15) is 0 Å². The highest BCUT2D eigenvalue weighted by molar-refractivity contribution is 7.10. The Labute approximate surface area is 169 Å². The molecule has 28 heavy (non-hydrogen) atoms. The first kappa shape index (κ1) is 18.7. The predicted octanol–water partition coefficient (Wildman–Crippen LogP) is 4.04. The van der Waals surface area contributed by atoms with E-state index in [1.807, 2.05) is 30.3 Å². The molecule has 0 saturated heterocycles. The second-order valence-corrected chi connectivity index (χ2v) is 7.91. The Bertz CT molecular complexity index is 896. The molecule has 1 aliphatic rings. The molecule has 0 radical (unpaired) electrons. The van der Waals surface area contributed by atoms with Gasteiger partial charge in [0.15, 0.2) is 6.61 Å². The molecule has 0 saturated carbocycles. The average molecular weight is 393 g/mol. The molecule has 1 N–H and O–H groups in total. The molecule has 4 rings (SSSR count). The Kier molecular flexibility index (Phi) is 6.04. The van der Waals surface area contributed by atoms with Crippen LogP contribution in [0.15, 0.2) is 72.1 Å². The van der Waals surface area contributed by atoms with E-state index < -0.39 is 0 Å². The van der Waals surface area contributed by atoms with Crippen LogP contribution in [0, 0.1) is 0 Å². The van der Waals surface area contributed by atoms with Gasteiger partial charge in [-0.25, -0.2) is 0 Å². The van der Waals surface area contributed by atoms with Gasteiger partial charge in [0, 0.05) is 24.5 Å². The standard InChI is InChI=1S/C23H24N2O2S/c26-23(17-27-20-9-2-1-3-10-20)24-15-21(22-11-6-14-28-22)25-13-12-18-7-4-5-8-19(18)16-25/h1-11,14,21H,12-13,15-17H2,(H,24,26). The summed E-state index contributed by atoms with van der Waals surface area (Å²) < 4.78 is 5.56. The van der Waals surface area contributed by atoms with Crippen molar-refractivity contribution in [1.29, 1.82) is 0 Å². The Morgan fingerprint density at radius 3 is 2.61 bits per heavy atom. The van der Waals surface area contributed by atoms with E-state index >= 15 is 0 Å². The molecule has 4 nitrogen and oxygen atoms in total. The van der Waals surface area contributed by atoms with Crippen LogP contribution >= 0.6 is 11.3 Å². The number of hydrogen-bond donors (Lipinski definition) is 1. The Balaban J connectivity index is 1.38. The summed E-state index contributed by atoms with van der Waals surface area (Å²) in [4.78, 5) is 16.1. The highest BCUT2D eigenvalue weighted by Gasteiger charge is 2.25. The minimum absolute atomic E-state index is 0.0318. The van der Waals surface area contributed by atoms with Crippen LogP contribution in [0.4, 0.5) is 0 Å². The van der Waals surface area contributed by atoms with E-state index in [0.29, 0.717) is 12.3 Å². The zero-order valence-electron chi connectivity index (χ0n) is 15.7. The second kappa shape index (κ2) is 9.04. The zero-order chi connectivity index (χ0) is 19.2. The maximum Gasteiger partial charge on any atom is 0.258 e. The number of nitrogens with zero attached hydrogens (tertiary/aromatic N) is 1. The number of carbonyl (C=O) groups is 1. The minimum atomic E-state index is -0.0946. The molecular formula is C23H24N2O2S. The third-order valence-corrected chi connectivity index (χ3v) is 6.05. The Morgan fingerprint density at radius 1 is 1.04 bits per heavy atom. The van der Waals surface area contributed by atoms with E-state index in [4.69, 9.17) is 4.74 Å². The fourth-order valence-electron chi connectivity index (χ4n) is 3.60. The van der Waals surface area contributed by atoms with Crippen molar-refractivity contribution in [1.82, 2.24) is 10.2 Å². The van der Waals surface area contributed by atoms with E-state index in [1.54, 1.807) is 11.3 Å². The van der Waals surface area contributed by atoms with Gasteiger partial charge in [-0.05, 0) is 41.1 Å². The summed E-state index contributed by atoms with van der Waals surface area (Å²) in [6.07, 6.45) is 1.04. The molecule has 1 atom stereocenters. The van der Waals surface area contributed by atoms with Crippen molar-refractivity contribution in [2.24, 2.45) is 0 Å². The third kappa shape index (κ3) is 4.61. The summed E-state index contributed by atoms with van der Waals surface area (Å²) in [6, 6.07) is 22.5. The van der Waals surface area contributed by atoms with Crippen molar-refractivity contribution >= 4 is 17.2 Å². The first-order chi connectivity index (χ1) is 13.8. The molecular weight excluding hydrogens is 368 g/mol. The quantitative estimate of drug-likeness (QED) is 0.660. The van der Waals surface area contributed by atoms with Gasteiger partial charge in [0.2, 0.25) is 0 Å². The summed E-state index contributed by atoms with van der Waals surface area (Å²) in [7, 11) is 0. The monoisotopic (exact) mass is 392 g/mol. The highest BCUT2D eigenvalue weighted by Crippen LogP contribution is 2.30. The molecule has 1 unspecified atom stereocenters. The van der Waals surface area contributed by atoms with E-state index in [9.17, 15) is 4.79 Å². The lowest BCUT2D eigenvalue weighted by molar-refractivity contribution is -0.123. The number of hydrogen-bond acceptors (Lipinski definition) is 4. The normalized spacial score (nSPS) is 14.9. The fourth-order valence-corrected chi connectivity index (χ4v) is 4.46. The molecule has 1 aromatic heterocycles. The number of benzene rings is 2. The molecule has 2 heterocycles. The first-order valence-electron chi connectivity index (χ1n) is 9.58. The van der Waals surface area contributed by atoms with Crippen molar-refractivity contribution in [2.45, 2.75) is 19.0 Å². The van der Waals surface area contributed by atoms with E-state index in [0.717, 1.165) is 19.5 Å². The van der Waals surface area contributed by atoms with Gasteiger partial charge >= 0.3 is 0 Å². The topological polar surface area (TPSA) is 41.6 Å². The van der Waals surface area contributed by atoms with Crippen LogP contribution < -0.4 is 10.1 Å². The van der Waals surface area contributed by atoms with E-state index in [2.05, 4.69) is 52.0 Å². The maximum atomic E-state index is 12.3. The van der Waals surface area contributed by atoms with Gasteiger partial charge in [0.1, 0.15) is 5.75 Å². The van der Waals surface area contributed by atoms with Gasteiger partial charge < -0.3 is 10.1 Å². The minimum Gasteiger partial charge on any atom is -0.484 e. The number of amides is 1. The van der Waals surface area contributed by atoms with Crippen molar-refractivity contribution in [2.75, 3.05) is 19.7 Å². The van der Waals surface area contributed by atoms with Crippen molar-refractivity contribution in [3.05, 3.63) is 88.1 Å². The highest BCUT2D eigenvalue weighted by atomic mass is 32.1. The zero-order valence-corrected chi connectivity index (χ0v) is 16.5. The predicted molar refractivity (Wildman–Crippen MR) is 113 cm³/mol. The number of carbonyl (C=O) groups excluding carboxylic acids is 1. The maximum absolute atomic E-state index is 12.3. The van der Waals surface area contributed by atoms with E-state index in [-0.39, 0.29) is 18.6 Å². The number of nitrogens with one attached hydrogen (secondary N) is 1. The molecule has 0 fully saturated rings. The molecule has 144 valence electrons. The van der Waals surface area contributed by atoms with Crippen molar-refractivity contribution < 1.29 is 9.53 Å². The van der Waals surface area contributed by atoms with Gasteiger partial charge in [0.05, 0.1) is 6.04 Å². The lowest BCUT2D eigenvalue weighted by atomic mass is 9.98. The third-order valence-electron chi connectivity index (χ3n) is 5.08. The van der Waals surface area contributed by atoms with E-state index in [1.165, 1.54) is 16.0 Å². The summed E-state index contributed by atoms with van der Waals surface area (Å²) >= 11 is 1.74. The number of thiophene rings is 1. The molecule has 0 bridgehead atoms. The van der Waals surface area contributed by atoms with Crippen LogP contribution in [0.1, 0.15) is 22.0 Å². The van der Waals surface area contributed by atoms with Crippen molar-refractivity contribution in [3.8, 4) is 5.75 Å². The van der Waals surface area contributed by atoms with Gasteiger partial charge in [0.25, 0.3) is 5.91 Å². The van der Waals surface area contributed by atoms with Gasteiger partial charge in [-0.1, -0.05) is 48.5 Å². The van der Waals surface area contributed by atoms with Crippen LogP contribution in [0.25, 0.3) is 0 Å². The lowest BCUT2D eigenvalue weighted by Gasteiger charge is -2.35. The number of para-hydroxylation sites is 1. The SMILES string of the molecule is O=C(COc1ccccc1)NCC(c1cccs1)N1CCc2ccccc2C1. The summed E-state index contributed by atoms with van der Waals surface area (Å²) in [5, 5.41) is 5.16. The molecule has 1 amide bonds. The van der Waals surface area contributed by atoms with Crippen LogP contribution in [0.5, 0.6) is 5.75 Å². The first-order valence-corrected chi connectivity index (χ1v) is 10.5. The number of fused-ring (bicyclic) bond motifs is 1. The molecule has 5 heteroatoms. The second-order valence-electron chi connectivity index (χ2n) is 6.93. The Hall–Kier alpha value is -2.63. The number of ether oxygens (including phenoxy) is 1. The molecule has 2 aromatic carbocycles. The Morgan fingerprint density at radius 2 is 1.82 bits per heavy atom. The molecule has 3 aromatic rings.